The van der Waals surface area contributed by atoms with Crippen LogP contribution in [-0.2, 0) is 21.4 Å². The lowest BCUT2D eigenvalue weighted by molar-refractivity contribution is -0.141. The molecule has 4 heterocycles. The lowest BCUT2D eigenvalue weighted by atomic mass is 9.57. The van der Waals surface area contributed by atoms with Crippen molar-refractivity contribution >= 4 is 51.8 Å². The molecule has 1 saturated heterocycles. The van der Waals surface area contributed by atoms with E-state index in [0.717, 1.165) is 92.5 Å². The third kappa shape index (κ3) is 8.41. The van der Waals surface area contributed by atoms with E-state index in [4.69, 9.17) is 0 Å². The lowest BCUT2D eigenvalue weighted by Crippen LogP contribution is -2.54. The zero-order valence-electron chi connectivity index (χ0n) is 36.3. The predicted octanol–water partition coefficient (Wildman–Crippen LogP) is 7.80. The maximum absolute atomic E-state index is 13.6. The summed E-state index contributed by atoms with van der Waals surface area (Å²) in [5, 5.41) is 21.0. The molecule has 1 spiro atoms. The summed E-state index contributed by atoms with van der Waals surface area (Å²) in [5.41, 5.74) is -0.510. The highest BCUT2D eigenvalue weighted by Gasteiger charge is 2.49. The Morgan fingerprint density at radius 2 is 1.61 bits per heavy atom. The van der Waals surface area contributed by atoms with Crippen molar-refractivity contribution in [1.82, 2.24) is 24.7 Å². The normalized spacial score (nSPS) is 26.3. The first kappa shape index (κ1) is 43.6. The Bertz CT molecular complexity index is 2520. The minimum absolute atomic E-state index is 0.0767. The highest BCUT2D eigenvalue weighted by molar-refractivity contribution is 6.25. The SMILES string of the molecule is CN(CC1CCC(n2cc3cc(C(=O)Nc4cccc(C(F)(F)F)n4)c(C(C)(C)O)cc3c2)CC1)C1CCC2(CC1)CC(Nc1cccc3c1C(=O)N(C1CCC(=O)NC1=O)C3=O)C2. The fraction of sp³-hybridized carbons (Fsp3) is 0.500. The van der Waals surface area contributed by atoms with Gasteiger partial charge in [0.1, 0.15) is 17.6 Å². The minimum atomic E-state index is -4.66. The van der Waals surface area contributed by atoms with E-state index in [1.165, 1.54) is 12.1 Å². The molecule has 2 aromatic heterocycles. The Morgan fingerprint density at radius 3 is 2.28 bits per heavy atom. The summed E-state index contributed by atoms with van der Waals surface area (Å²) in [4.78, 5) is 71.8. The number of nitrogens with zero attached hydrogens (tertiary/aromatic N) is 4. The molecule has 2 aliphatic heterocycles. The first-order chi connectivity index (χ1) is 30.4. The second-order valence-electron chi connectivity index (χ2n) is 19.4. The van der Waals surface area contributed by atoms with Crippen molar-refractivity contribution in [3.8, 4) is 0 Å². The van der Waals surface area contributed by atoms with Gasteiger partial charge in [-0.3, -0.25) is 34.2 Å². The number of carbonyl (C=O) groups is 5. The summed E-state index contributed by atoms with van der Waals surface area (Å²) in [6.07, 6.45) is 10.3. The number of carbonyl (C=O) groups excluding carboxylic acids is 5. The number of aliphatic hydroxyl groups is 1. The molecule has 1 atom stereocenters. The third-order valence-electron chi connectivity index (χ3n) is 14.6. The maximum Gasteiger partial charge on any atom is 0.433 e. The number of piperidine rings is 1. The number of pyridine rings is 1. The Labute approximate surface area is 369 Å². The molecule has 9 rings (SSSR count). The average Bonchev–Trinajstić information content (AvgIpc) is 3.77. The molecule has 2 aromatic carbocycles. The smallest absolute Gasteiger partial charge is 0.386 e. The summed E-state index contributed by atoms with van der Waals surface area (Å²) in [6.45, 7) is 4.19. The summed E-state index contributed by atoms with van der Waals surface area (Å²) >= 11 is 0. The number of nitrogens with one attached hydrogen (secondary N) is 3. The zero-order valence-corrected chi connectivity index (χ0v) is 36.3. The van der Waals surface area contributed by atoms with E-state index in [1.807, 2.05) is 12.3 Å². The largest absolute Gasteiger partial charge is 0.433 e. The van der Waals surface area contributed by atoms with Gasteiger partial charge in [-0.25, -0.2) is 4.98 Å². The molecule has 16 heteroatoms. The molecular weight excluding hydrogens is 828 g/mol. The Balaban J connectivity index is 0.760. The first-order valence-corrected chi connectivity index (χ1v) is 22.4. The van der Waals surface area contributed by atoms with Gasteiger partial charge in [-0.15, -0.1) is 0 Å². The van der Waals surface area contributed by atoms with Crippen LogP contribution in [0.3, 0.4) is 0 Å². The van der Waals surface area contributed by atoms with Crippen molar-refractivity contribution in [2.45, 2.75) is 127 Å². The number of hydrogen-bond donors (Lipinski definition) is 4. The first-order valence-electron chi connectivity index (χ1n) is 22.4. The number of fused-ring (bicyclic) bond motifs is 2. The van der Waals surface area contributed by atoms with Gasteiger partial charge in [-0.1, -0.05) is 12.1 Å². The van der Waals surface area contributed by atoms with Crippen LogP contribution < -0.4 is 16.0 Å². The van der Waals surface area contributed by atoms with Crippen LogP contribution in [0.4, 0.5) is 24.7 Å². The number of benzene rings is 2. The topological polar surface area (TPSA) is 166 Å². The van der Waals surface area contributed by atoms with Crippen molar-refractivity contribution in [2.75, 3.05) is 24.2 Å². The van der Waals surface area contributed by atoms with E-state index in [0.29, 0.717) is 28.8 Å². The van der Waals surface area contributed by atoms with Gasteiger partial charge in [0.05, 0.1) is 16.7 Å². The number of anilines is 2. The van der Waals surface area contributed by atoms with E-state index in [1.54, 1.807) is 38.1 Å². The number of halogens is 3. The van der Waals surface area contributed by atoms with Crippen LogP contribution in [-0.4, -0.2) is 85.7 Å². The molecule has 338 valence electrons. The number of rotatable bonds is 10. The van der Waals surface area contributed by atoms with Crippen LogP contribution in [0, 0.1) is 11.3 Å². The molecule has 4 N–H and O–H groups in total. The molecule has 0 radical (unpaired) electrons. The van der Waals surface area contributed by atoms with Gasteiger partial charge in [-0.05, 0) is 150 Å². The Morgan fingerprint density at radius 1 is 0.922 bits per heavy atom. The summed E-state index contributed by atoms with van der Waals surface area (Å²) in [5.74, 6) is -2.33. The summed E-state index contributed by atoms with van der Waals surface area (Å²) < 4.78 is 42.0. The molecule has 0 bridgehead atoms. The molecular formula is C48H54F3N7O6. The fourth-order valence-electron chi connectivity index (χ4n) is 11.2. The van der Waals surface area contributed by atoms with Crippen molar-refractivity contribution in [3.63, 3.8) is 0 Å². The van der Waals surface area contributed by atoms with Crippen molar-refractivity contribution in [1.29, 1.82) is 0 Å². The van der Waals surface area contributed by atoms with Crippen LogP contribution >= 0.6 is 0 Å². The summed E-state index contributed by atoms with van der Waals surface area (Å²) in [7, 11) is 2.25. The van der Waals surface area contributed by atoms with Crippen LogP contribution in [0.1, 0.15) is 139 Å². The van der Waals surface area contributed by atoms with E-state index in [-0.39, 0.29) is 47.3 Å². The molecule has 3 saturated carbocycles. The second kappa shape index (κ2) is 16.4. The van der Waals surface area contributed by atoms with Crippen LogP contribution in [0.15, 0.2) is 60.9 Å². The van der Waals surface area contributed by atoms with Gasteiger partial charge >= 0.3 is 6.18 Å². The molecule has 5 aliphatic rings. The van der Waals surface area contributed by atoms with Crippen molar-refractivity contribution < 1.29 is 42.3 Å². The Kier molecular flexibility index (Phi) is 11.2. The highest BCUT2D eigenvalue weighted by atomic mass is 19.4. The molecule has 13 nitrogen and oxygen atoms in total. The van der Waals surface area contributed by atoms with E-state index >= 15 is 0 Å². The maximum atomic E-state index is 13.6. The monoisotopic (exact) mass is 881 g/mol. The molecule has 64 heavy (non-hydrogen) atoms. The number of amides is 5. The van der Waals surface area contributed by atoms with Gasteiger partial charge in [-0.2, -0.15) is 13.2 Å². The molecule has 3 aliphatic carbocycles. The van der Waals surface area contributed by atoms with Gasteiger partial charge in [0.2, 0.25) is 11.8 Å². The van der Waals surface area contributed by atoms with Gasteiger partial charge < -0.3 is 25.2 Å². The van der Waals surface area contributed by atoms with Crippen LogP contribution in [0.5, 0.6) is 0 Å². The van der Waals surface area contributed by atoms with Gasteiger partial charge in [0, 0.05) is 60.1 Å². The number of hydrogen-bond acceptors (Lipinski definition) is 9. The predicted molar refractivity (Wildman–Crippen MR) is 232 cm³/mol. The number of aromatic nitrogens is 2. The lowest BCUT2D eigenvalue weighted by Gasteiger charge is -2.53. The highest BCUT2D eigenvalue weighted by Crippen LogP contribution is 2.53. The third-order valence-corrected chi connectivity index (χ3v) is 14.6. The summed E-state index contributed by atoms with van der Waals surface area (Å²) in [6, 6.07) is 12.0. The minimum Gasteiger partial charge on any atom is -0.386 e. The van der Waals surface area contributed by atoms with Crippen LogP contribution in [0.25, 0.3) is 10.8 Å². The van der Waals surface area contributed by atoms with Gasteiger partial charge in [0.15, 0.2) is 0 Å². The quantitative estimate of drug-likeness (QED) is 0.116. The van der Waals surface area contributed by atoms with Crippen molar-refractivity contribution in [3.05, 3.63) is 88.9 Å². The molecule has 4 fully saturated rings. The molecule has 4 aromatic rings. The van der Waals surface area contributed by atoms with Crippen LogP contribution in [0.2, 0.25) is 0 Å². The standard InChI is InChI=1S/C48H54F3N7O6/c1-46(2,64)35-21-29-26-57(25-28(29)20-34(35)42(60)54-39-9-5-8-38(53-39)48(49,50)51)32-12-10-27(11-13-32)24-56(3)31-16-18-47(19-17-31)22-30(23-47)52-36-7-4-6-33-41(36)45(63)58(44(33)62)37-14-15-40(59)55-43(37)61/h4-9,20-21,25-27,30-32,37,52,64H,10-19,22-24H2,1-3H3,(H,53,54,60)(H,55,59,61). The number of alkyl halides is 3. The van der Waals surface area contributed by atoms with E-state index in [2.05, 4.69) is 43.6 Å². The van der Waals surface area contributed by atoms with E-state index in [9.17, 15) is 42.3 Å². The fourth-order valence-corrected chi connectivity index (χ4v) is 11.2. The Hall–Kier alpha value is -5.61. The van der Waals surface area contributed by atoms with Crippen molar-refractivity contribution in [2.24, 2.45) is 11.3 Å². The molecule has 5 amide bonds. The van der Waals surface area contributed by atoms with Gasteiger partial charge in [0.25, 0.3) is 17.7 Å². The zero-order chi connectivity index (χ0) is 45.3. The number of imide groups is 2. The average molecular weight is 882 g/mol. The second-order valence-corrected chi connectivity index (χ2v) is 19.4. The molecule has 1 unspecified atom stereocenters. The van der Waals surface area contributed by atoms with E-state index < -0.39 is 53.0 Å².